The molecule has 0 unspecified atom stereocenters. The van der Waals surface area contributed by atoms with E-state index in [0.29, 0.717) is 0 Å². The average Bonchev–Trinajstić information content (AvgIpc) is 2.69. The normalized spacial score (nSPS) is 20.4. The third-order valence-corrected chi connectivity index (χ3v) is 9.43. The van der Waals surface area contributed by atoms with Crippen LogP contribution in [0.2, 0.25) is 12.1 Å². The van der Waals surface area contributed by atoms with E-state index < -0.39 is 8.07 Å². The maximum atomic E-state index is 6.16. The van der Waals surface area contributed by atoms with Gasteiger partial charge in [-0.3, -0.25) is 0 Å². The Morgan fingerprint density at radius 2 is 1.69 bits per heavy atom. The Kier molecular flexibility index (Phi) is 2.75. The standard InChI is InChI=1S/C11H15ClSi/c12-10-13(8-4-5-9-13)11-6-2-1-3-7-11/h1-3,6-7H,4-5,8-10H2. The Labute approximate surface area is 85.9 Å². The van der Waals surface area contributed by atoms with Crippen LogP contribution in [0.5, 0.6) is 0 Å². The van der Waals surface area contributed by atoms with Gasteiger partial charge in [0.1, 0.15) is 8.07 Å². The molecule has 1 aliphatic heterocycles. The van der Waals surface area contributed by atoms with E-state index in [-0.39, 0.29) is 0 Å². The van der Waals surface area contributed by atoms with Gasteiger partial charge in [0.25, 0.3) is 0 Å². The van der Waals surface area contributed by atoms with Crippen molar-refractivity contribution in [1.82, 2.24) is 0 Å². The van der Waals surface area contributed by atoms with Gasteiger partial charge in [-0.15, -0.1) is 11.6 Å². The van der Waals surface area contributed by atoms with Crippen LogP contribution in [0.25, 0.3) is 0 Å². The zero-order valence-corrected chi connectivity index (χ0v) is 9.56. The van der Waals surface area contributed by atoms with Crippen LogP contribution in [0, 0.1) is 0 Å². The van der Waals surface area contributed by atoms with Gasteiger partial charge < -0.3 is 0 Å². The van der Waals surface area contributed by atoms with Crippen LogP contribution >= 0.6 is 11.6 Å². The Morgan fingerprint density at radius 3 is 2.23 bits per heavy atom. The number of hydrogen-bond donors (Lipinski definition) is 0. The van der Waals surface area contributed by atoms with E-state index in [9.17, 15) is 0 Å². The fourth-order valence-electron chi connectivity index (χ4n) is 2.34. The highest BCUT2D eigenvalue weighted by Gasteiger charge is 2.36. The zero-order chi connectivity index (χ0) is 9.15. The highest BCUT2D eigenvalue weighted by atomic mass is 35.5. The van der Waals surface area contributed by atoms with Crippen molar-refractivity contribution in [3.63, 3.8) is 0 Å². The van der Waals surface area contributed by atoms with E-state index in [1.54, 1.807) is 5.19 Å². The lowest BCUT2D eigenvalue weighted by Crippen LogP contribution is -2.47. The van der Waals surface area contributed by atoms with E-state index >= 15 is 0 Å². The molecule has 0 spiro atoms. The van der Waals surface area contributed by atoms with Crippen molar-refractivity contribution in [2.45, 2.75) is 24.9 Å². The van der Waals surface area contributed by atoms with E-state index in [1.165, 1.54) is 24.9 Å². The summed E-state index contributed by atoms with van der Waals surface area (Å²) in [6, 6.07) is 13.7. The van der Waals surface area contributed by atoms with Gasteiger partial charge in [-0.2, -0.15) is 0 Å². The lowest BCUT2D eigenvalue weighted by Gasteiger charge is -2.23. The first-order valence-electron chi connectivity index (χ1n) is 4.99. The minimum atomic E-state index is -1.22. The Morgan fingerprint density at radius 1 is 1.08 bits per heavy atom. The van der Waals surface area contributed by atoms with E-state index in [4.69, 9.17) is 11.6 Å². The maximum absolute atomic E-state index is 6.16. The van der Waals surface area contributed by atoms with Gasteiger partial charge in [-0.25, -0.2) is 0 Å². The van der Waals surface area contributed by atoms with Gasteiger partial charge in [0.05, 0.1) is 0 Å². The van der Waals surface area contributed by atoms with Gasteiger partial charge >= 0.3 is 0 Å². The third-order valence-electron chi connectivity index (χ3n) is 3.20. The van der Waals surface area contributed by atoms with Crippen LogP contribution in [-0.4, -0.2) is 13.6 Å². The summed E-state index contributed by atoms with van der Waals surface area (Å²) in [6.45, 7) is 0. The number of halogens is 1. The van der Waals surface area contributed by atoms with Gasteiger partial charge in [0.2, 0.25) is 0 Å². The molecular weight excluding hydrogens is 196 g/mol. The van der Waals surface area contributed by atoms with Crippen LogP contribution in [0.4, 0.5) is 0 Å². The summed E-state index contributed by atoms with van der Waals surface area (Å²) >= 11 is 6.16. The molecule has 2 heteroatoms. The second kappa shape index (κ2) is 3.85. The van der Waals surface area contributed by atoms with Gasteiger partial charge in [-0.1, -0.05) is 60.4 Å². The number of rotatable bonds is 2. The molecule has 13 heavy (non-hydrogen) atoms. The molecule has 0 amide bonds. The maximum Gasteiger partial charge on any atom is 0.102 e. The molecule has 1 saturated heterocycles. The summed E-state index contributed by atoms with van der Waals surface area (Å²) in [7, 11) is -1.22. The van der Waals surface area contributed by atoms with Crippen molar-refractivity contribution in [1.29, 1.82) is 0 Å². The minimum Gasteiger partial charge on any atom is -0.130 e. The highest BCUT2D eigenvalue weighted by molar-refractivity contribution is 6.96. The second-order valence-electron chi connectivity index (χ2n) is 3.99. The fraction of sp³-hybridized carbons (Fsp3) is 0.455. The van der Waals surface area contributed by atoms with Crippen LogP contribution in [0.3, 0.4) is 0 Å². The molecular formula is C11H15ClSi. The monoisotopic (exact) mass is 210 g/mol. The first-order chi connectivity index (χ1) is 6.37. The first kappa shape index (κ1) is 9.29. The highest BCUT2D eigenvalue weighted by Crippen LogP contribution is 2.30. The number of alkyl halides is 1. The number of benzene rings is 1. The molecule has 70 valence electrons. The van der Waals surface area contributed by atoms with E-state index in [1.807, 2.05) is 0 Å². The molecule has 1 heterocycles. The van der Waals surface area contributed by atoms with Crippen molar-refractivity contribution in [3.8, 4) is 0 Å². The summed E-state index contributed by atoms with van der Waals surface area (Å²) in [4.78, 5) is 0. The summed E-state index contributed by atoms with van der Waals surface area (Å²) < 4.78 is 0. The molecule has 1 aromatic rings. The Balaban J connectivity index is 2.31. The quantitative estimate of drug-likeness (QED) is 0.520. The van der Waals surface area contributed by atoms with Crippen LogP contribution < -0.4 is 5.19 Å². The molecule has 2 rings (SSSR count). The van der Waals surface area contributed by atoms with Crippen molar-refractivity contribution in [2.24, 2.45) is 0 Å². The molecule has 1 aliphatic rings. The molecule has 1 aromatic carbocycles. The second-order valence-corrected chi connectivity index (χ2v) is 9.19. The number of hydrogen-bond acceptors (Lipinski definition) is 0. The van der Waals surface area contributed by atoms with Gasteiger partial charge in [0, 0.05) is 5.50 Å². The van der Waals surface area contributed by atoms with Crippen LogP contribution in [0.15, 0.2) is 30.3 Å². The summed E-state index contributed by atoms with van der Waals surface area (Å²) in [5.74, 6) is 0. The van der Waals surface area contributed by atoms with E-state index in [2.05, 4.69) is 30.3 Å². The Hall–Kier alpha value is -0.273. The summed E-state index contributed by atoms with van der Waals surface area (Å²) in [5.41, 5.74) is 0.914. The van der Waals surface area contributed by atoms with Crippen LogP contribution in [0.1, 0.15) is 12.8 Å². The van der Waals surface area contributed by atoms with Gasteiger partial charge in [0.15, 0.2) is 0 Å². The lowest BCUT2D eigenvalue weighted by atomic mass is 10.4. The zero-order valence-electron chi connectivity index (χ0n) is 7.80. The van der Waals surface area contributed by atoms with Crippen LogP contribution in [-0.2, 0) is 0 Å². The Bertz CT molecular complexity index is 265. The minimum absolute atomic E-state index is 0.914. The largest absolute Gasteiger partial charge is 0.130 e. The molecule has 0 saturated carbocycles. The van der Waals surface area contributed by atoms with Crippen molar-refractivity contribution in [3.05, 3.63) is 30.3 Å². The predicted octanol–water partition coefficient (Wildman–Crippen LogP) is 2.91. The molecule has 0 aromatic heterocycles. The smallest absolute Gasteiger partial charge is 0.102 e. The van der Waals surface area contributed by atoms with Gasteiger partial charge in [-0.05, 0) is 0 Å². The van der Waals surface area contributed by atoms with Crippen molar-refractivity contribution in [2.75, 3.05) is 5.50 Å². The lowest BCUT2D eigenvalue weighted by molar-refractivity contribution is 0.935. The molecule has 0 aliphatic carbocycles. The molecule has 0 nitrogen and oxygen atoms in total. The fourth-order valence-corrected chi connectivity index (χ4v) is 7.61. The molecule has 0 bridgehead atoms. The molecule has 0 N–H and O–H groups in total. The molecule has 1 fully saturated rings. The summed E-state index contributed by atoms with van der Waals surface area (Å²) in [5, 5.41) is 1.57. The molecule has 0 atom stereocenters. The topological polar surface area (TPSA) is 0 Å². The predicted molar refractivity (Wildman–Crippen MR) is 61.4 cm³/mol. The third kappa shape index (κ3) is 1.68. The summed E-state index contributed by atoms with van der Waals surface area (Å²) in [6.07, 6.45) is 2.79. The SMILES string of the molecule is ClC[Si]1(c2ccccc2)CCCC1. The molecule has 0 radical (unpaired) electrons. The average molecular weight is 211 g/mol. The van der Waals surface area contributed by atoms with E-state index in [0.717, 1.165) is 5.50 Å². The van der Waals surface area contributed by atoms with Crippen molar-refractivity contribution >= 4 is 24.9 Å². The first-order valence-corrected chi connectivity index (χ1v) is 8.14. The van der Waals surface area contributed by atoms with Crippen molar-refractivity contribution < 1.29 is 0 Å².